The van der Waals surface area contributed by atoms with Crippen molar-refractivity contribution in [3.8, 4) is 11.5 Å². The van der Waals surface area contributed by atoms with Crippen molar-refractivity contribution < 1.29 is 15.0 Å². The summed E-state index contributed by atoms with van der Waals surface area (Å²) in [6.07, 6.45) is 0. The minimum Gasteiger partial charge on any atom is -0.507 e. The van der Waals surface area contributed by atoms with E-state index in [0.717, 1.165) is 11.6 Å². The van der Waals surface area contributed by atoms with E-state index in [-0.39, 0.29) is 29.4 Å². The zero-order valence-corrected chi connectivity index (χ0v) is 11.1. The Morgan fingerprint density at radius 3 is 2.44 bits per heavy atom. The van der Waals surface area contributed by atoms with Crippen molar-refractivity contribution in [2.45, 2.75) is 13.8 Å². The lowest BCUT2D eigenvalue weighted by Gasteiger charge is -2.18. The molecule has 1 aliphatic rings. The third kappa shape index (κ3) is 2.31. The van der Waals surface area contributed by atoms with Gasteiger partial charge in [-0.2, -0.15) is 0 Å². The molecular weight excluding hydrogens is 250 g/mol. The Kier molecular flexibility index (Phi) is 3.52. The zero-order valence-electron chi connectivity index (χ0n) is 10.3. The molecule has 0 amide bonds. The molecule has 1 heterocycles. The van der Waals surface area contributed by atoms with Crippen LogP contribution in [0.2, 0.25) is 0 Å². The number of aromatic hydroxyl groups is 2. The molecule has 0 atom stereocenters. The third-order valence-corrected chi connectivity index (χ3v) is 4.22. The second kappa shape index (κ2) is 4.94. The molecule has 18 heavy (non-hydrogen) atoms. The molecule has 1 aromatic rings. The van der Waals surface area contributed by atoms with Gasteiger partial charge in [0.15, 0.2) is 5.78 Å². The average Bonchev–Trinajstić information content (AvgIpc) is 2.61. The van der Waals surface area contributed by atoms with Crippen LogP contribution in [-0.2, 0) is 0 Å². The van der Waals surface area contributed by atoms with Crippen LogP contribution in [0.25, 0.3) is 0 Å². The van der Waals surface area contributed by atoms with E-state index >= 15 is 0 Å². The molecule has 2 rings (SSSR count). The highest BCUT2D eigenvalue weighted by Gasteiger charge is 2.23. The molecule has 5 heteroatoms. The van der Waals surface area contributed by atoms with E-state index < -0.39 is 0 Å². The molecule has 4 nitrogen and oxygen atoms in total. The third-order valence-electron chi connectivity index (χ3n) is 3.05. The number of phenolic OH excluding ortho intramolecular Hbond substituents is 2. The highest BCUT2D eigenvalue weighted by Crippen LogP contribution is 2.32. The second-order valence-corrected chi connectivity index (χ2v) is 5.37. The summed E-state index contributed by atoms with van der Waals surface area (Å²) in [4.78, 5) is 15.2. The lowest BCUT2D eigenvalue weighted by atomic mass is 10.1. The van der Waals surface area contributed by atoms with Gasteiger partial charge in [0, 0.05) is 10.6 Å². The first-order valence-electron chi connectivity index (χ1n) is 5.60. The summed E-state index contributed by atoms with van der Waals surface area (Å²) in [6, 6.07) is 4.31. The van der Waals surface area contributed by atoms with Crippen molar-refractivity contribution in [1.29, 1.82) is 0 Å². The van der Waals surface area contributed by atoms with E-state index in [1.165, 1.54) is 23.1 Å². The van der Waals surface area contributed by atoms with Gasteiger partial charge in [-0.25, -0.2) is 0 Å². The summed E-state index contributed by atoms with van der Waals surface area (Å²) >= 11 is 1.69. The molecule has 2 N–H and O–H groups in total. The number of ketones is 1. The van der Waals surface area contributed by atoms with Crippen LogP contribution in [0.3, 0.4) is 0 Å². The summed E-state index contributed by atoms with van der Waals surface area (Å²) < 4.78 is 0. The predicted molar refractivity (Wildman–Crippen MR) is 71.6 cm³/mol. The van der Waals surface area contributed by atoms with Crippen LogP contribution in [-0.4, -0.2) is 33.3 Å². The molecule has 1 aliphatic heterocycles. The van der Waals surface area contributed by atoms with Crippen LogP contribution in [0.4, 0.5) is 0 Å². The summed E-state index contributed by atoms with van der Waals surface area (Å²) in [6.45, 7) is 4.15. The predicted octanol–water partition coefficient (Wildman–Crippen LogP) is 2.54. The van der Waals surface area contributed by atoms with Crippen LogP contribution >= 0.6 is 11.8 Å². The standard InChI is InChI=1S/C13H15NO3S/c1-8-9(2)18-7-14(8)6-12(17)13-10(15)4-3-5-11(13)16/h3-5,15-16H,6-7H2,1-2H3. The highest BCUT2D eigenvalue weighted by atomic mass is 32.2. The Bertz CT molecular complexity index is 505. The normalized spacial score (nSPS) is 15.3. The van der Waals surface area contributed by atoms with Gasteiger partial charge in [0.05, 0.1) is 12.4 Å². The van der Waals surface area contributed by atoms with Crippen LogP contribution in [0, 0.1) is 0 Å². The molecule has 0 spiro atoms. The summed E-state index contributed by atoms with van der Waals surface area (Å²) in [5.74, 6) is 0.105. The van der Waals surface area contributed by atoms with Crippen LogP contribution in [0.15, 0.2) is 28.8 Å². The van der Waals surface area contributed by atoms with Crippen LogP contribution in [0.1, 0.15) is 24.2 Å². The Labute approximate surface area is 110 Å². The number of carbonyl (C=O) groups is 1. The van der Waals surface area contributed by atoms with E-state index in [2.05, 4.69) is 0 Å². The summed E-state index contributed by atoms with van der Waals surface area (Å²) in [7, 11) is 0. The highest BCUT2D eigenvalue weighted by molar-refractivity contribution is 8.03. The SMILES string of the molecule is CC1=C(C)N(CC(=O)c2c(O)cccc2O)CS1. The molecule has 0 aliphatic carbocycles. The van der Waals surface area contributed by atoms with Gasteiger partial charge in [0.1, 0.15) is 17.1 Å². The Morgan fingerprint density at radius 1 is 1.33 bits per heavy atom. The number of benzene rings is 1. The van der Waals surface area contributed by atoms with Crippen LogP contribution in [0.5, 0.6) is 11.5 Å². The quantitative estimate of drug-likeness (QED) is 0.822. The fourth-order valence-electron chi connectivity index (χ4n) is 1.83. The van der Waals surface area contributed by atoms with Crippen molar-refractivity contribution in [2.24, 2.45) is 0 Å². The van der Waals surface area contributed by atoms with Gasteiger partial charge >= 0.3 is 0 Å². The van der Waals surface area contributed by atoms with Gasteiger partial charge in [-0.05, 0) is 26.0 Å². The smallest absolute Gasteiger partial charge is 0.189 e. The van der Waals surface area contributed by atoms with Crippen molar-refractivity contribution in [3.05, 3.63) is 34.4 Å². The summed E-state index contributed by atoms with van der Waals surface area (Å²) in [5, 5.41) is 19.3. The van der Waals surface area contributed by atoms with Crippen molar-refractivity contribution in [3.63, 3.8) is 0 Å². The topological polar surface area (TPSA) is 60.8 Å². The maximum Gasteiger partial charge on any atom is 0.189 e. The number of carbonyl (C=O) groups excluding carboxylic acids is 1. The van der Waals surface area contributed by atoms with E-state index in [1.807, 2.05) is 18.7 Å². The number of Topliss-reactive ketones (excluding diaryl/α,β-unsaturated/α-hetero) is 1. The van der Waals surface area contributed by atoms with Gasteiger partial charge in [-0.3, -0.25) is 4.79 Å². The maximum absolute atomic E-state index is 12.1. The monoisotopic (exact) mass is 265 g/mol. The minimum absolute atomic E-state index is 0.000136. The molecule has 0 saturated heterocycles. The Balaban J connectivity index is 2.19. The molecule has 0 aromatic heterocycles. The molecule has 1 aromatic carbocycles. The summed E-state index contributed by atoms with van der Waals surface area (Å²) in [5.41, 5.74) is 1.07. The number of rotatable bonds is 3. The minimum atomic E-state index is -0.278. The molecule has 0 saturated carbocycles. The zero-order chi connectivity index (χ0) is 13.3. The first-order valence-corrected chi connectivity index (χ1v) is 6.58. The lowest BCUT2D eigenvalue weighted by molar-refractivity contribution is 0.0953. The second-order valence-electron chi connectivity index (χ2n) is 4.21. The number of thioether (sulfide) groups is 1. The van der Waals surface area contributed by atoms with Crippen LogP contribution < -0.4 is 0 Å². The van der Waals surface area contributed by atoms with Gasteiger partial charge in [0.25, 0.3) is 0 Å². The fourth-order valence-corrected chi connectivity index (χ4v) is 2.80. The van der Waals surface area contributed by atoms with Gasteiger partial charge < -0.3 is 15.1 Å². The van der Waals surface area contributed by atoms with E-state index in [1.54, 1.807) is 11.8 Å². The molecule has 96 valence electrons. The number of hydrogen-bond donors (Lipinski definition) is 2. The Hall–Kier alpha value is -1.62. The first kappa shape index (κ1) is 12.8. The molecular formula is C13H15NO3S. The number of allylic oxidation sites excluding steroid dienone is 2. The first-order chi connectivity index (χ1) is 8.50. The molecule has 0 radical (unpaired) electrons. The Morgan fingerprint density at radius 2 is 1.94 bits per heavy atom. The fraction of sp³-hybridized carbons (Fsp3) is 0.308. The molecule has 0 unspecified atom stereocenters. The van der Waals surface area contributed by atoms with Gasteiger partial charge in [-0.1, -0.05) is 6.07 Å². The molecule has 0 bridgehead atoms. The van der Waals surface area contributed by atoms with Gasteiger partial charge in [-0.15, -0.1) is 11.8 Å². The maximum atomic E-state index is 12.1. The molecule has 0 fully saturated rings. The van der Waals surface area contributed by atoms with E-state index in [0.29, 0.717) is 0 Å². The van der Waals surface area contributed by atoms with E-state index in [4.69, 9.17) is 0 Å². The number of hydrogen-bond acceptors (Lipinski definition) is 5. The number of nitrogens with zero attached hydrogens (tertiary/aromatic N) is 1. The van der Waals surface area contributed by atoms with Crippen molar-refractivity contribution in [2.75, 3.05) is 12.4 Å². The van der Waals surface area contributed by atoms with Crippen molar-refractivity contribution >= 4 is 17.5 Å². The number of phenols is 2. The average molecular weight is 265 g/mol. The lowest BCUT2D eigenvalue weighted by Crippen LogP contribution is -2.25. The van der Waals surface area contributed by atoms with Crippen molar-refractivity contribution in [1.82, 2.24) is 4.90 Å². The van der Waals surface area contributed by atoms with Gasteiger partial charge in [0.2, 0.25) is 0 Å². The van der Waals surface area contributed by atoms with E-state index in [9.17, 15) is 15.0 Å². The largest absolute Gasteiger partial charge is 0.507 e.